The first-order valence-electron chi connectivity index (χ1n) is 11.6. The van der Waals surface area contributed by atoms with Crippen molar-refractivity contribution >= 4 is 23.4 Å². The Labute approximate surface area is 192 Å². The summed E-state index contributed by atoms with van der Waals surface area (Å²) in [6.07, 6.45) is 7.80. The highest BCUT2D eigenvalue weighted by molar-refractivity contribution is 6.12. The van der Waals surface area contributed by atoms with Gasteiger partial charge in [-0.25, -0.2) is 13.4 Å². The maximum absolute atomic E-state index is 14.5. The predicted molar refractivity (Wildman–Crippen MR) is 124 cm³/mol. The molecule has 0 radical (unpaired) electrons. The molecule has 33 heavy (non-hydrogen) atoms. The van der Waals surface area contributed by atoms with Crippen molar-refractivity contribution in [3.63, 3.8) is 0 Å². The van der Waals surface area contributed by atoms with Crippen LogP contribution in [0.3, 0.4) is 0 Å². The largest absolute Gasteiger partial charge is 0.453 e. The molecule has 1 amide bonds. The molecule has 7 heteroatoms. The number of nitrogens with zero attached hydrogens (tertiary/aromatic N) is 2. The molecule has 3 aliphatic heterocycles. The number of allylic oxidation sites excluding steroid dienone is 1. The van der Waals surface area contributed by atoms with Crippen LogP contribution in [-0.2, 0) is 11.2 Å². The minimum Gasteiger partial charge on any atom is -0.453 e. The van der Waals surface area contributed by atoms with E-state index in [9.17, 15) is 13.6 Å². The highest BCUT2D eigenvalue weighted by Gasteiger charge is 2.34. The van der Waals surface area contributed by atoms with Gasteiger partial charge in [0.2, 0.25) is 5.91 Å². The maximum Gasteiger partial charge on any atom is 0.224 e. The van der Waals surface area contributed by atoms with E-state index >= 15 is 0 Å². The molecule has 1 saturated heterocycles. The third-order valence-electron chi connectivity index (χ3n) is 6.81. The molecule has 3 heterocycles. The van der Waals surface area contributed by atoms with Crippen molar-refractivity contribution in [3.8, 4) is 11.5 Å². The summed E-state index contributed by atoms with van der Waals surface area (Å²) in [5.74, 6) is -0.917. The molecule has 2 aromatic rings. The molecule has 0 saturated carbocycles. The Hall–Kier alpha value is -3.06. The van der Waals surface area contributed by atoms with Crippen LogP contribution in [0.5, 0.6) is 11.5 Å². The van der Waals surface area contributed by atoms with Crippen molar-refractivity contribution < 1.29 is 22.9 Å². The minimum atomic E-state index is -0.629. The monoisotopic (exact) mass is 452 g/mol. The van der Waals surface area contributed by atoms with Gasteiger partial charge in [-0.1, -0.05) is 0 Å². The van der Waals surface area contributed by atoms with E-state index in [1.165, 1.54) is 0 Å². The third-order valence-corrected chi connectivity index (χ3v) is 6.81. The number of carbonyl (C=O) groups is 1. The highest BCUT2D eigenvalue weighted by atomic mass is 19.1. The standard InChI is InChI=1S/C26H28F2N3O2/c1-16-3-5-22-24(31(16)17(2)32)8-6-21(18-14-30(15-18)20-9-11-29-12-10-20)26(22)33-25-13-19(27)4-7-23(25)28/h4,6-8,13-16,20,29H,3,5,9-12H2,1-2H3/q+1. The fourth-order valence-electron chi connectivity index (χ4n) is 5.06. The number of piperidine rings is 1. The number of halogens is 2. The smallest absolute Gasteiger partial charge is 0.224 e. The Morgan fingerprint density at radius 1 is 1.15 bits per heavy atom. The first-order chi connectivity index (χ1) is 15.9. The van der Waals surface area contributed by atoms with Gasteiger partial charge >= 0.3 is 0 Å². The van der Waals surface area contributed by atoms with Crippen molar-refractivity contribution in [3.05, 3.63) is 59.3 Å². The molecule has 5 rings (SSSR count). The van der Waals surface area contributed by atoms with Crippen LogP contribution in [0.1, 0.15) is 44.2 Å². The quantitative estimate of drug-likeness (QED) is 0.688. The van der Waals surface area contributed by atoms with Gasteiger partial charge < -0.3 is 15.0 Å². The first kappa shape index (κ1) is 21.8. The fraction of sp³-hybridized carbons (Fsp3) is 0.385. The molecule has 1 atom stereocenters. The Balaban J connectivity index is 1.56. The maximum atomic E-state index is 14.5. The average Bonchev–Trinajstić information content (AvgIpc) is 2.76. The zero-order chi connectivity index (χ0) is 23.1. The van der Waals surface area contributed by atoms with Crippen LogP contribution in [0, 0.1) is 11.6 Å². The van der Waals surface area contributed by atoms with Gasteiger partial charge in [-0.05, 0) is 44.0 Å². The second-order valence-corrected chi connectivity index (χ2v) is 9.04. The molecule has 0 aromatic heterocycles. The first-order valence-corrected chi connectivity index (χ1v) is 11.6. The summed E-state index contributed by atoms with van der Waals surface area (Å²) in [7, 11) is 0. The molecule has 0 spiro atoms. The lowest BCUT2D eigenvalue weighted by atomic mass is 9.90. The van der Waals surface area contributed by atoms with Crippen molar-refractivity contribution in [1.82, 2.24) is 5.32 Å². The van der Waals surface area contributed by atoms with Gasteiger partial charge in [-0.15, -0.1) is 0 Å². The van der Waals surface area contributed by atoms with Crippen LogP contribution in [0.15, 0.2) is 36.5 Å². The number of fused-ring (bicyclic) bond motifs is 1. The molecule has 0 aliphatic carbocycles. The fourth-order valence-corrected chi connectivity index (χ4v) is 5.06. The Morgan fingerprint density at radius 3 is 2.64 bits per heavy atom. The number of anilines is 1. The molecule has 0 bridgehead atoms. The van der Waals surface area contributed by atoms with Crippen molar-refractivity contribution in [2.24, 2.45) is 0 Å². The van der Waals surface area contributed by atoms with Crippen molar-refractivity contribution in [2.75, 3.05) is 18.0 Å². The number of hydrogen-bond donors (Lipinski definition) is 1. The summed E-state index contributed by atoms with van der Waals surface area (Å²) >= 11 is 0. The second-order valence-electron chi connectivity index (χ2n) is 9.04. The van der Waals surface area contributed by atoms with Crippen LogP contribution in [0.4, 0.5) is 14.5 Å². The average molecular weight is 453 g/mol. The zero-order valence-electron chi connectivity index (χ0n) is 18.9. The molecule has 1 N–H and O–H groups in total. The Morgan fingerprint density at radius 2 is 1.91 bits per heavy atom. The summed E-state index contributed by atoms with van der Waals surface area (Å²) in [6, 6.07) is 7.59. The summed E-state index contributed by atoms with van der Waals surface area (Å²) in [4.78, 5) is 14.2. The molecule has 172 valence electrons. The van der Waals surface area contributed by atoms with Crippen LogP contribution < -0.4 is 15.0 Å². The second kappa shape index (κ2) is 8.71. The molecular formula is C26H28F2N3O2+. The van der Waals surface area contributed by atoms with Crippen molar-refractivity contribution in [1.29, 1.82) is 0 Å². The molecular weight excluding hydrogens is 424 g/mol. The van der Waals surface area contributed by atoms with Crippen molar-refractivity contribution in [2.45, 2.75) is 51.6 Å². The number of hydrogen-bond acceptors (Lipinski definition) is 3. The predicted octanol–water partition coefficient (Wildman–Crippen LogP) is 4.63. The lowest BCUT2D eigenvalue weighted by Gasteiger charge is -2.36. The van der Waals surface area contributed by atoms with Gasteiger partial charge in [0, 0.05) is 56.1 Å². The Bertz CT molecular complexity index is 1170. The van der Waals surface area contributed by atoms with E-state index in [1.807, 2.05) is 19.1 Å². The van der Waals surface area contributed by atoms with E-state index in [4.69, 9.17) is 4.74 Å². The molecule has 3 aliphatic rings. The number of carbonyl (C=O) groups excluding carboxylic acids is 1. The molecule has 1 unspecified atom stereocenters. The van der Waals surface area contributed by atoms with E-state index < -0.39 is 11.6 Å². The van der Waals surface area contributed by atoms with Crippen LogP contribution in [-0.4, -0.2) is 41.9 Å². The number of rotatable bonds is 4. The Kier molecular flexibility index (Phi) is 5.74. The lowest BCUT2D eigenvalue weighted by Crippen LogP contribution is -2.41. The number of amides is 1. The van der Waals surface area contributed by atoms with E-state index in [0.717, 1.165) is 72.9 Å². The van der Waals surface area contributed by atoms with Crippen LogP contribution >= 0.6 is 0 Å². The van der Waals surface area contributed by atoms with Gasteiger partial charge in [-0.3, -0.25) is 4.79 Å². The topological polar surface area (TPSA) is 44.6 Å². The summed E-state index contributed by atoms with van der Waals surface area (Å²) < 4.78 is 36.7. The number of ether oxygens (including phenoxy) is 1. The van der Waals surface area contributed by atoms with Gasteiger partial charge in [-0.2, -0.15) is 0 Å². The van der Waals surface area contributed by atoms with Gasteiger partial charge in [0.15, 0.2) is 30.0 Å². The number of nitrogens with one attached hydrogen (secondary N) is 1. The normalized spacial score (nSPS) is 20.5. The molecule has 1 fully saturated rings. The lowest BCUT2D eigenvalue weighted by molar-refractivity contribution is -0.505. The van der Waals surface area contributed by atoms with E-state index in [0.29, 0.717) is 18.2 Å². The van der Waals surface area contributed by atoms with Gasteiger partial charge in [0.05, 0.1) is 5.69 Å². The van der Waals surface area contributed by atoms with Crippen LogP contribution in [0.2, 0.25) is 0 Å². The summed E-state index contributed by atoms with van der Waals surface area (Å²) in [5.41, 5.74) is 3.42. The highest BCUT2D eigenvalue weighted by Crippen LogP contribution is 2.44. The number of benzene rings is 2. The van der Waals surface area contributed by atoms with Crippen LogP contribution in [0.25, 0.3) is 5.57 Å². The van der Waals surface area contributed by atoms with Gasteiger partial charge in [0.1, 0.15) is 17.1 Å². The minimum absolute atomic E-state index is 0.0504. The molecule has 5 nitrogen and oxygen atoms in total. The van der Waals surface area contributed by atoms with E-state index in [1.54, 1.807) is 11.8 Å². The third kappa shape index (κ3) is 4.06. The summed E-state index contributed by atoms with van der Waals surface area (Å²) in [6.45, 7) is 5.57. The summed E-state index contributed by atoms with van der Waals surface area (Å²) in [5, 5.41) is 3.38. The SMILES string of the molecule is CC(=O)N1c2ccc(C3=C[N+](C4CCNCC4)=C3)c(Oc3cc(F)ccc3F)c2CCC1C. The zero-order valence-corrected chi connectivity index (χ0v) is 18.9. The van der Waals surface area contributed by atoms with Gasteiger partial charge in [0.25, 0.3) is 0 Å². The molecule has 2 aromatic carbocycles. The van der Waals surface area contributed by atoms with E-state index in [2.05, 4.69) is 22.3 Å². The van der Waals surface area contributed by atoms with E-state index in [-0.39, 0.29) is 17.7 Å².